The van der Waals surface area contributed by atoms with E-state index < -0.39 is 23.9 Å². The molecule has 13 heteroatoms. The van der Waals surface area contributed by atoms with E-state index in [0.29, 0.717) is 17.6 Å². The molecule has 0 aromatic carbocycles. The van der Waals surface area contributed by atoms with Crippen molar-refractivity contribution in [3.63, 3.8) is 0 Å². The maximum atomic E-state index is 12.0. The minimum Gasteiger partial charge on any atom is -0.480 e. The fourth-order valence-corrected chi connectivity index (χ4v) is 4.97. The first-order valence-corrected chi connectivity index (χ1v) is 13.7. The number of pyridine rings is 1. The second kappa shape index (κ2) is 12.6. The van der Waals surface area contributed by atoms with Gasteiger partial charge in [0.2, 0.25) is 0 Å². The number of nitrogens with one attached hydrogen (secondary N) is 3. The fraction of sp³-hybridized carbons (Fsp3) is 0.593. The minimum absolute atomic E-state index is 0.140. The summed E-state index contributed by atoms with van der Waals surface area (Å²) in [5, 5.41) is 36.9. The van der Waals surface area contributed by atoms with Crippen LogP contribution in [0.2, 0.25) is 0 Å². The maximum absolute atomic E-state index is 12.0. The summed E-state index contributed by atoms with van der Waals surface area (Å²) in [5.41, 5.74) is 3.20. The van der Waals surface area contributed by atoms with Gasteiger partial charge >= 0.3 is 12.1 Å². The van der Waals surface area contributed by atoms with Gasteiger partial charge in [0.15, 0.2) is 5.79 Å². The monoisotopic (exact) mass is 557 g/mol. The largest absolute Gasteiger partial charge is 0.480 e. The Kier molecular flexibility index (Phi) is 9.25. The Morgan fingerprint density at radius 1 is 1.20 bits per heavy atom. The average Bonchev–Trinajstić information content (AvgIpc) is 2.91. The number of carbonyl (C=O) groups excluding carboxylic acids is 1. The lowest BCUT2D eigenvalue weighted by atomic mass is 9.92. The number of anilines is 3. The number of hydrogen-bond donors (Lipinski definition) is 6. The van der Waals surface area contributed by atoms with Crippen molar-refractivity contribution in [1.29, 1.82) is 0 Å². The van der Waals surface area contributed by atoms with Gasteiger partial charge in [0.1, 0.15) is 29.3 Å². The molecule has 13 nitrogen and oxygen atoms in total. The van der Waals surface area contributed by atoms with Crippen LogP contribution in [0.3, 0.4) is 0 Å². The number of aryl methyl sites for hydroxylation is 2. The van der Waals surface area contributed by atoms with E-state index >= 15 is 0 Å². The Hall–Kier alpha value is -3.71. The number of amides is 1. The third kappa shape index (κ3) is 7.69. The number of hydrogen-bond acceptors (Lipinski definition) is 11. The lowest BCUT2D eigenvalue weighted by Crippen LogP contribution is -2.46. The molecule has 1 atom stereocenters. The number of nitrogens with zero attached hydrogens (tertiary/aromatic N) is 4. The smallest absolute Gasteiger partial charge is 0.407 e. The molecule has 0 radical (unpaired) electrons. The molecule has 0 saturated carbocycles. The van der Waals surface area contributed by atoms with E-state index in [9.17, 15) is 24.9 Å². The molecule has 4 heterocycles. The van der Waals surface area contributed by atoms with E-state index in [1.807, 2.05) is 6.92 Å². The molecule has 2 aliphatic heterocycles. The second-order valence-corrected chi connectivity index (χ2v) is 10.6. The molecule has 0 bridgehead atoms. The normalized spacial score (nSPS) is 16.5. The zero-order valence-electron chi connectivity index (χ0n) is 23.2. The Morgan fingerprint density at radius 2 is 1.95 bits per heavy atom. The Balaban J connectivity index is 1.36. The van der Waals surface area contributed by atoms with Gasteiger partial charge in [-0.15, -0.1) is 0 Å². The summed E-state index contributed by atoms with van der Waals surface area (Å²) in [4.78, 5) is 40.0. The van der Waals surface area contributed by atoms with Crippen LogP contribution in [0.4, 0.5) is 22.2 Å². The first kappa shape index (κ1) is 29.3. The van der Waals surface area contributed by atoms with Gasteiger partial charge in [0.25, 0.3) is 0 Å². The molecule has 6 N–H and O–H groups in total. The molecule has 4 rings (SSSR count). The van der Waals surface area contributed by atoms with E-state index in [-0.39, 0.29) is 19.6 Å². The molecule has 2 aromatic rings. The second-order valence-electron chi connectivity index (χ2n) is 10.6. The molecule has 40 heavy (non-hydrogen) atoms. The molecule has 1 fully saturated rings. The van der Waals surface area contributed by atoms with Crippen molar-refractivity contribution in [3.8, 4) is 0 Å². The summed E-state index contributed by atoms with van der Waals surface area (Å²) in [6, 6.07) is 3.06. The number of aromatic nitrogens is 3. The van der Waals surface area contributed by atoms with E-state index in [4.69, 9.17) is 9.72 Å². The highest BCUT2D eigenvalue weighted by Gasteiger charge is 2.27. The zero-order valence-corrected chi connectivity index (χ0v) is 23.2. The van der Waals surface area contributed by atoms with Gasteiger partial charge in [0, 0.05) is 49.8 Å². The van der Waals surface area contributed by atoms with Crippen molar-refractivity contribution in [3.05, 3.63) is 34.8 Å². The van der Waals surface area contributed by atoms with Crippen LogP contribution in [-0.2, 0) is 16.0 Å². The van der Waals surface area contributed by atoms with Crippen LogP contribution in [0.15, 0.2) is 12.1 Å². The number of ether oxygens (including phenoxy) is 1. The van der Waals surface area contributed by atoms with Gasteiger partial charge in [-0.3, -0.25) is 0 Å². The van der Waals surface area contributed by atoms with E-state index in [1.165, 1.54) is 5.56 Å². The number of piperidine rings is 1. The van der Waals surface area contributed by atoms with Gasteiger partial charge in [-0.05, 0) is 58.1 Å². The number of rotatable bonds is 10. The average molecular weight is 558 g/mol. The quantitative estimate of drug-likeness (QED) is 0.234. The summed E-state index contributed by atoms with van der Waals surface area (Å²) >= 11 is 0. The first-order valence-electron chi connectivity index (χ1n) is 13.7. The Bertz CT molecular complexity index is 1210. The summed E-state index contributed by atoms with van der Waals surface area (Å²) < 4.78 is 4.86. The summed E-state index contributed by atoms with van der Waals surface area (Å²) in [5.74, 6) is -0.0211. The molecule has 0 unspecified atom stereocenters. The predicted octanol–water partition coefficient (Wildman–Crippen LogP) is 1.91. The molecule has 218 valence electrons. The number of carboxylic acids is 1. The van der Waals surface area contributed by atoms with Crippen molar-refractivity contribution in [1.82, 2.24) is 20.3 Å². The highest BCUT2D eigenvalue weighted by molar-refractivity contribution is 5.80. The fourth-order valence-electron chi connectivity index (χ4n) is 4.97. The Labute approximate surface area is 233 Å². The van der Waals surface area contributed by atoms with Crippen LogP contribution in [0.25, 0.3) is 0 Å². The lowest BCUT2D eigenvalue weighted by molar-refractivity contribution is -0.155. The van der Waals surface area contributed by atoms with Crippen molar-refractivity contribution in [2.75, 3.05) is 48.3 Å². The number of carbonyl (C=O) groups is 2. The van der Waals surface area contributed by atoms with Crippen LogP contribution >= 0.6 is 0 Å². The molecule has 0 aliphatic carbocycles. The molecule has 2 aliphatic rings. The van der Waals surface area contributed by atoms with Crippen molar-refractivity contribution >= 4 is 29.5 Å². The highest BCUT2D eigenvalue weighted by atomic mass is 16.6. The minimum atomic E-state index is -1.99. The van der Waals surface area contributed by atoms with Crippen LogP contribution < -0.4 is 20.9 Å². The van der Waals surface area contributed by atoms with Gasteiger partial charge in [-0.2, -0.15) is 0 Å². The number of aliphatic carboxylic acids is 1. The van der Waals surface area contributed by atoms with Gasteiger partial charge in [-0.1, -0.05) is 6.07 Å². The van der Waals surface area contributed by atoms with E-state index in [2.05, 4.69) is 43.0 Å². The van der Waals surface area contributed by atoms with Crippen molar-refractivity contribution < 1.29 is 29.6 Å². The molecular formula is C27H39N7O6. The highest BCUT2D eigenvalue weighted by Crippen LogP contribution is 2.33. The molecule has 1 saturated heterocycles. The zero-order chi connectivity index (χ0) is 28.9. The number of alkyl carbamates (subject to hydrolysis) is 1. The van der Waals surface area contributed by atoms with Crippen LogP contribution in [-0.4, -0.2) is 86.9 Å². The summed E-state index contributed by atoms with van der Waals surface area (Å²) in [7, 11) is 0. The topological polar surface area (TPSA) is 182 Å². The lowest BCUT2D eigenvalue weighted by Gasteiger charge is -2.34. The first-order chi connectivity index (χ1) is 19.0. The third-order valence-electron chi connectivity index (χ3n) is 7.23. The van der Waals surface area contributed by atoms with Gasteiger partial charge in [0.05, 0.1) is 6.61 Å². The number of carboxylic acid groups (broad SMARTS) is 1. The van der Waals surface area contributed by atoms with Crippen LogP contribution in [0, 0.1) is 13.8 Å². The van der Waals surface area contributed by atoms with Crippen molar-refractivity contribution in [2.24, 2.45) is 0 Å². The maximum Gasteiger partial charge on any atom is 0.407 e. The summed E-state index contributed by atoms with van der Waals surface area (Å²) in [6.45, 7) is 6.98. The standard InChI is InChI=1S/C27H39N7O6/c1-16-22(29-15-21(25(35)36)33-26(37)40-14-10-27(3,38)39)30-17(2)31-24(16)34-12-8-18(9-13-34)20-7-6-19-5-4-11-28-23(19)32-20/h6-7,18,21,38-39H,4-5,8-15H2,1-3H3,(H,28,32)(H,33,37)(H,35,36)(H,29,30,31)/t21-/m0/s1. The SMILES string of the molecule is Cc1nc(NC[C@H](NC(=O)OCCC(C)(O)O)C(=O)O)c(C)c(N2CCC(c3ccc4c(n3)NCCC4)CC2)n1. The Morgan fingerprint density at radius 3 is 2.65 bits per heavy atom. The van der Waals surface area contributed by atoms with Gasteiger partial charge in [-0.25, -0.2) is 24.5 Å². The molecule has 1 amide bonds. The van der Waals surface area contributed by atoms with Crippen LogP contribution in [0.5, 0.6) is 0 Å². The van der Waals surface area contributed by atoms with E-state index in [1.54, 1.807) is 6.92 Å². The predicted molar refractivity (Wildman–Crippen MR) is 149 cm³/mol. The van der Waals surface area contributed by atoms with Gasteiger partial charge < -0.3 is 40.9 Å². The number of aliphatic hydroxyl groups is 2. The molecule has 2 aromatic heterocycles. The van der Waals surface area contributed by atoms with Crippen LogP contribution in [0.1, 0.15) is 61.2 Å². The molecule has 0 spiro atoms. The van der Waals surface area contributed by atoms with E-state index in [0.717, 1.165) is 75.1 Å². The summed E-state index contributed by atoms with van der Waals surface area (Å²) in [6.07, 6.45) is 2.90. The molecular weight excluding hydrogens is 518 g/mol. The van der Waals surface area contributed by atoms with Crippen molar-refractivity contribution in [2.45, 2.75) is 70.6 Å². The number of fused-ring (bicyclic) bond motifs is 1. The third-order valence-corrected chi connectivity index (χ3v) is 7.23.